The molecule has 16 nitrogen and oxygen atoms in total. The summed E-state index contributed by atoms with van der Waals surface area (Å²) in [7, 11) is -9.82. The number of aliphatic hydroxyl groups is 2. The van der Waals surface area contributed by atoms with Gasteiger partial charge >= 0.3 is 33.6 Å². The van der Waals surface area contributed by atoms with Gasteiger partial charge in [-0.15, -0.1) is 0 Å². The van der Waals surface area contributed by atoms with Gasteiger partial charge in [0.25, 0.3) is 0 Å². The van der Waals surface area contributed by atoms with Gasteiger partial charge in [0.05, 0.1) is 26.4 Å². The predicted molar refractivity (Wildman–Crippen MR) is 491 cm³/mol. The third kappa shape index (κ3) is 91.5. The third-order valence-corrected chi connectivity index (χ3v) is 21.3. The van der Waals surface area contributed by atoms with Crippen LogP contribution >= 0.6 is 15.6 Å². The van der Waals surface area contributed by atoms with Crippen LogP contribution in [0.1, 0.15) is 380 Å². The average Bonchev–Trinajstić information content (AvgIpc) is 0.901. The fourth-order valence-electron chi connectivity index (χ4n) is 12.4. The molecule has 0 spiro atoms. The summed E-state index contributed by atoms with van der Waals surface area (Å²) in [5.74, 6) is -1.61. The van der Waals surface area contributed by atoms with Crippen LogP contribution in [-0.4, -0.2) is 95.9 Å². The number of carbonyl (C=O) groups is 3. The molecule has 0 heterocycles. The lowest BCUT2D eigenvalue weighted by atomic mass is 10.0. The monoisotopic (exact) mass is 1680 g/mol. The zero-order valence-corrected chi connectivity index (χ0v) is 75.6. The fourth-order valence-corrected chi connectivity index (χ4v) is 14.0. The maximum absolute atomic E-state index is 13.0. The Hall–Kier alpha value is -5.09. The number of hydrogen-bond donors (Lipinski definition) is 4. The second-order valence-corrected chi connectivity index (χ2v) is 33.6. The summed E-state index contributed by atoms with van der Waals surface area (Å²) in [4.78, 5) is 59.0. The molecule has 0 saturated carbocycles. The molecule has 0 radical (unpaired) electrons. The highest BCUT2D eigenvalue weighted by Crippen LogP contribution is 2.45. The Bertz CT molecular complexity index is 2810. The van der Waals surface area contributed by atoms with E-state index in [0.29, 0.717) is 19.3 Å². The van der Waals surface area contributed by atoms with Crippen LogP contribution in [0.15, 0.2) is 170 Å². The summed E-state index contributed by atoms with van der Waals surface area (Å²) < 4.78 is 61.4. The molecule has 117 heavy (non-hydrogen) atoms. The van der Waals surface area contributed by atoms with Gasteiger partial charge in [-0.2, -0.15) is 0 Å². The second kappa shape index (κ2) is 90.2. The Morgan fingerprint density at radius 3 is 0.726 bits per heavy atom. The Labute approximate surface area is 713 Å². The number of phosphoric ester groups is 2. The highest BCUT2D eigenvalue weighted by atomic mass is 31.2. The first-order valence-corrected chi connectivity index (χ1v) is 49.4. The molecule has 0 aliphatic heterocycles. The van der Waals surface area contributed by atoms with Crippen molar-refractivity contribution in [2.24, 2.45) is 0 Å². The van der Waals surface area contributed by atoms with E-state index < -0.39 is 91.5 Å². The van der Waals surface area contributed by atoms with Crippen LogP contribution in [0.2, 0.25) is 0 Å². The number of carbonyl (C=O) groups excluding carboxylic acids is 3. The van der Waals surface area contributed by atoms with Crippen LogP contribution in [0.4, 0.5) is 0 Å². The van der Waals surface area contributed by atoms with Crippen molar-refractivity contribution in [1.29, 1.82) is 0 Å². The maximum Gasteiger partial charge on any atom is 0.472 e. The number of rotatable bonds is 87. The highest BCUT2D eigenvalue weighted by Gasteiger charge is 2.29. The molecule has 0 fully saturated rings. The van der Waals surface area contributed by atoms with Gasteiger partial charge in [0.1, 0.15) is 25.4 Å². The molecule has 0 amide bonds. The molecule has 0 aromatic carbocycles. The lowest BCUT2D eigenvalue weighted by Gasteiger charge is -2.21. The molecule has 670 valence electrons. The first-order chi connectivity index (χ1) is 57.2. The molecule has 5 atom stereocenters. The van der Waals surface area contributed by atoms with E-state index in [1.807, 2.05) is 0 Å². The van der Waals surface area contributed by atoms with Crippen LogP contribution in [-0.2, 0) is 55.8 Å². The van der Waals surface area contributed by atoms with Crippen LogP contribution in [0.25, 0.3) is 0 Å². The van der Waals surface area contributed by atoms with Crippen molar-refractivity contribution in [3.8, 4) is 0 Å². The van der Waals surface area contributed by atoms with E-state index in [2.05, 4.69) is 191 Å². The number of phosphoric acid groups is 2. The van der Waals surface area contributed by atoms with Crippen molar-refractivity contribution in [2.75, 3.05) is 39.6 Å². The molecule has 0 aromatic heterocycles. The van der Waals surface area contributed by atoms with Crippen molar-refractivity contribution in [3.63, 3.8) is 0 Å². The standard InChI is InChI=1S/C99H168O16P2/c1-4-7-10-13-16-19-22-25-28-31-34-36-38-40-42-44-45-46-47-49-51-52-54-56-59-61-64-67-70-73-76-79-82-85-97(102)109-88-94(100)89-111-116(105,106)112-90-95(101)91-113-117(107,108)114-93-96(115-99(104)87-84-81-78-75-72-69-66-63-58-33-30-27-24-21-18-15-12-9-6-3)92-110-98(103)86-83-80-77-74-71-68-65-62-60-57-55-53-50-48-43-41-39-37-35-32-29-26-23-20-17-14-11-8-5-2/h7,9-10,12,16-21,25-30,34-37,40-43,58,63,69,72,94-96,100-101H,4-6,8,11,13-15,22-24,31-33,38-39,44-57,59-62,64-68,70-71,73-93H2,1-3H3,(H,105,106)(H,107,108)/b10-7-,12-9-,19-16-,20-17-,21-18-,28-25-,29-26-,30-27-,36-34-,37-35-,42-40-,43-41-,63-58-,72-69-. The van der Waals surface area contributed by atoms with E-state index in [0.717, 1.165) is 154 Å². The number of aliphatic hydroxyl groups excluding tert-OH is 2. The first-order valence-electron chi connectivity index (χ1n) is 46.4. The van der Waals surface area contributed by atoms with Crippen molar-refractivity contribution in [2.45, 2.75) is 399 Å². The van der Waals surface area contributed by atoms with E-state index in [-0.39, 0.29) is 19.3 Å². The van der Waals surface area contributed by atoms with Gasteiger partial charge in [0.15, 0.2) is 6.10 Å². The quantitative estimate of drug-likeness (QED) is 0.0146. The van der Waals surface area contributed by atoms with Crippen LogP contribution in [0.5, 0.6) is 0 Å². The number of ether oxygens (including phenoxy) is 3. The van der Waals surface area contributed by atoms with Crippen molar-refractivity contribution < 1.29 is 75.8 Å². The second-order valence-electron chi connectivity index (χ2n) is 30.7. The maximum atomic E-state index is 13.0. The lowest BCUT2D eigenvalue weighted by Crippen LogP contribution is -2.30. The smallest absolute Gasteiger partial charge is 0.463 e. The van der Waals surface area contributed by atoms with Crippen molar-refractivity contribution in [1.82, 2.24) is 0 Å². The number of esters is 3. The molecule has 4 N–H and O–H groups in total. The Morgan fingerprint density at radius 1 is 0.248 bits per heavy atom. The number of unbranched alkanes of at least 4 members (excludes halogenated alkanes) is 36. The minimum Gasteiger partial charge on any atom is -0.463 e. The van der Waals surface area contributed by atoms with E-state index in [4.69, 9.17) is 32.3 Å². The summed E-state index contributed by atoms with van der Waals surface area (Å²) in [6, 6.07) is 0. The summed E-state index contributed by atoms with van der Waals surface area (Å²) in [6.45, 7) is 2.43. The van der Waals surface area contributed by atoms with E-state index >= 15 is 0 Å². The van der Waals surface area contributed by atoms with Crippen molar-refractivity contribution >= 4 is 33.6 Å². The SMILES string of the molecule is CC/C=C\C/C=C\C/C=C\C/C=C\C/C=C\CCCCCCCCCCCCCCCCCCCC(=O)OCC(O)COP(=O)(O)OCC(O)COP(=O)(O)OCC(COC(=O)CCCCCCCCCCCCCCC/C=C\C/C=C\C/C=C\C/C=C\CCCCC)OC(=O)CCCCC/C=C\C/C=C\C/C=C\C/C=C\C/C=C\CC. The lowest BCUT2D eigenvalue weighted by molar-refractivity contribution is -0.161. The van der Waals surface area contributed by atoms with Gasteiger partial charge in [-0.05, 0) is 154 Å². The van der Waals surface area contributed by atoms with Crippen LogP contribution in [0, 0.1) is 0 Å². The van der Waals surface area contributed by atoms with Crippen LogP contribution < -0.4 is 0 Å². The van der Waals surface area contributed by atoms with Gasteiger partial charge in [-0.25, -0.2) is 9.13 Å². The van der Waals surface area contributed by atoms with Crippen molar-refractivity contribution in [3.05, 3.63) is 170 Å². The van der Waals surface area contributed by atoms with E-state index in [9.17, 15) is 43.5 Å². The Morgan fingerprint density at radius 2 is 0.453 bits per heavy atom. The van der Waals surface area contributed by atoms with E-state index in [1.54, 1.807) is 0 Å². The number of hydrogen-bond acceptors (Lipinski definition) is 14. The molecule has 5 unspecified atom stereocenters. The molecule has 0 saturated heterocycles. The van der Waals surface area contributed by atoms with Gasteiger partial charge in [0, 0.05) is 19.3 Å². The third-order valence-electron chi connectivity index (χ3n) is 19.4. The zero-order chi connectivity index (χ0) is 85.1. The molecule has 0 aliphatic rings. The highest BCUT2D eigenvalue weighted by molar-refractivity contribution is 7.47. The topological polar surface area (TPSA) is 231 Å². The summed E-state index contributed by atoms with van der Waals surface area (Å²) >= 11 is 0. The molecule has 0 rings (SSSR count). The summed E-state index contributed by atoms with van der Waals surface area (Å²) in [5, 5.41) is 20.7. The minimum atomic E-state index is -4.95. The fraction of sp³-hybridized carbons (Fsp3) is 0.687. The minimum absolute atomic E-state index is 0.0615. The zero-order valence-electron chi connectivity index (χ0n) is 73.8. The molecular formula is C99H168O16P2. The summed E-state index contributed by atoms with van der Waals surface area (Å²) in [5.41, 5.74) is 0. The normalized spacial score (nSPS) is 14.6. The van der Waals surface area contributed by atoms with Gasteiger partial charge < -0.3 is 34.2 Å². The summed E-state index contributed by atoms with van der Waals surface area (Å²) in [6.07, 6.45) is 117. The first kappa shape index (κ1) is 112. The Balaban J connectivity index is 4.55. The van der Waals surface area contributed by atoms with E-state index in [1.165, 1.54) is 167 Å². The van der Waals surface area contributed by atoms with Crippen LogP contribution in [0.3, 0.4) is 0 Å². The molecule has 18 heteroatoms. The molecule has 0 aromatic rings. The Kier molecular flexibility index (Phi) is 86.2. The van der Waals surface area contributed by atoms with Gasteiger partial charge in [-0.3, -0.25) is 32.5 Å². The molecule has 0 bridgehead atoms. The van der Waals surface area contributed by atoms with Gasteiger partial charge in [-0.1, -0.05) is 377 Å². The van der Waals surface area contributed by atoms with Gasteiger partial charge in [0.2, 0.25) is 0 Å². The largest absolute Gasteiger partial charge is 0.472 e. The molecule has 0 aliphatic carbocycles. The molecular weight excluding hydrogens is 1510 g/mol. The number of allylic oxidation sites excluding steroid dienone is 28. The average molecular weight is 1680 g/mol. The predicted octanol–water partition coefficient (Wildman–Crippen LogP) is 28.7.